The molecule has 0 amide bonds. The van der Waals surface area contributed by atoms with Crippen molar-refractivity contribution < 1.29 is 17.9 Å². The van der Waals surface area contributed by atoms with Gasteiger partial charge in [0.25, 0.3) is 10.0 Å². The Bertz CT molecular complexity index is 1180. The van der Waals surface area contributed by atoms with Crippen LogP contribution in [0.3, 0.4) is 0 Å². The number of aryl methyl sites for hydroxylation is 1. The average molecular weight is 418 g/mol. The highest BCUT2D eigenvalue weighted by molar-refractivity contribution is 7.89. The molecule has 1 aromatic heterocycles. The van der Waals surface area contributed by atoms with E-state index in [-0.39, 0.29) is 10.0 Å². The van der Waals surface area contributed by atoms with Crippen molar-refractivity contribution in [1.82, 2.24) is 9.82 Å². The highest BCUT2D eigenvalue weighted by Gasteiger charge is 2.15. The summed E-state index contributed by atoms with van der Waals surface area (Å²) in [7, 11) is -3.76. The zero-order valence-electron chi connectivity index (χ0n) is 14.8. The van der Waals surface area contributed by atoms with Crippen molar-refractivity contribution in [3.63, 3.8) is 0 Å². The molecule has 0 aliphatic carbocycles. The molecule has 0 saturated heterocycles. The van der Waals surface area contributed by atoms with Crippen molar-refractivity contribution in [2.45, 2.75) is 11.8 Å². The average Bonchev–Trinajstić information content (AvgIpc) is 2.67. The largest absolute Gasteiger partial charge is 0.486 e. The summed E-state index contributed by atoms with van der Waals surface area (Å²) >= 11 is 6.22. The van der Waals surface area contributed by atoms with E-state index in [0.717, 1.165) is 10.9 Å². The number of nitrogens with one attached hydrogen (secondary N) is 1. The molecule has 1 aliphatic rings. The number of aromatic nitrogens is 1. The fourth-order valence-electron chi connectivity index (χ4n) is 2.73. The molecule has 1 N–H and O–H groups in total. The fraction of sp³-hybridized carbons (Fsp3) is 0.158. The molecule has 4 rings (SSSR count). The molecule has 28 heavy (non-hydrogen) atoms. The normalized spacial score (nSPS) is 13.8. The number of benzene rings is 2. The van der Waals surface area contributed by atoms with Crippen molar-refractivity contribution in [3.8, 4) is 11.5 Å². The summed E-state index contributed by atoms with van der Waals surface area (Å²) in [6.07, 6.45) is 1.32. The molecule has 0 unspecified atom stereocenters. The van der Waals surface area contributed by atoms with Gasteiger partial charge in [-0.15, -0.1) is 0 Å². The number of hydrazone groups is 1. The van der Waals surface area contributed by atoms with Gasteiger partial charge in [0, 0.05) is 17.0 Å². The Morgan fingerprint density at radius 3 is 2.50 bits per heavy atom. The maximum absolute atomic E-state index is 12.3. The van der Waals surface area contributed by atoms with Crippen molar-refractivity contribution in [2.75, 3.05) is 13.2 Å². The van der Waals surface area contributed by atoms with E-state index in [0.29, 0.717) is 35.8 Å². The first-order valence-corrected chi connectivity index (χ1v) is 10.3. The molecule has 3 aromatic rings. The topological polar surface area (TPSA) is 89.9 Å². The number of pyridine rings is 1. The summed E-state index contributed by atoms with van der Waals surface area (Å²) in [5.74, 6) is 1.25. The first-order valence-electron chi connectivity index (χ1n) is 8.44. The first-order chi connectivity index (χ1) is 13.4. The first kappa shape index (κ1) is 18.5. The molecule has 7 nitrogen and oxygen atoms in total. The maximum Gasteiger partial charge on any atom is 0.276 e. The predicted octanol–water partition coefficient (Wildman–Crippen LogP) is 3.28. The summed E-state index contributed by atoms with van der Waals surface area (Å²) in [6.45, 7) is 2.84. The number of hydrogen-bond acceptors (Lipinski definition) is 6. The van der Waals surface area contributed by atoms with Crippen LogP contribution in [0.2, 0.25) is 5.15 Å². The lowest BCUT2D eigenvalue weighted by Crippen LogP contribution is -2.18. The minimum atomic E-state index is -3.76. The third-order valence-electron chi connectivity index (χ3n) is 4.17. The number of rotatable bonds is 4. The highest BCUT2D eigenvalue weighted by Crippen LogP contribution is 2.34. The Kier molecular flexibility index (Phi) is 4.82. The summed E-state index contributed by atoms with van der Waals surface area (Å²) in [6, 6.07) is 11.8. The van der Waals surface area contributed by atoms with Gasteiger partial charge in [-0.2, -0.15) is 13.5 Å². The van der Waals surface area contributed by atoms with E-state index in [1.54, 1.807) is 30.3 Å². The monoisotopic (exact) mass is 417 g/mol. The summed E-state index contributed by atoms with van der Waals surface area (Å²) in [5, 5.41) is 4.80. The summed E-state index contributed by atoms with van der Waals surface area (Å²) in [4.78, 5) is 6.63. The number of ether oxygens (including phenoxy) is 2. The van der Waals surface area contributed by atoms with Gasteiger partial charge in [0.15, 0.2) is 11.5 Å². The van der Waals surface area contributed by atoms with Crippen molar-refractivity contribution >= 4 is 38.7 Å². The second-order valence-electron chi connectivity index (χ2n) is 6.22. The van der Waals surface area contributed by atoms with E-state index in [9.17, 15) is 8.42 Å². The van der Waals surface area contributed by atoms with Crippen LogP contribution in [0.5, 0.6) is 11.5 Å². The minimum absolute atomic E-state index is 0.127. The SMILES string of the molecule is Cc1ccc(S(=O)(=O)NN=Cc2cc3cc4c(cc3nc2Cl)OCCO4)cc1. The summed E-state index contributed by atoms with van der Waals surface area (Å²) in [5.41, 5.74) is 2.08. The van der Waals surface area contributed by atoms with Crippen LogP contribution in [-0.2, 0) is 10.0 Å². The number of fused-ring (bicyclic) bond motifs is 2. The Labute approximate surface area is 167 Å². The molecule has 0 fully saturated rings. The number of nitrogens with zero attached hydrogens (tertiary/aromatic N) is 2. The zero-order valence-corrected chi connectivity index (χ0v) is 16.4. The lowest BCUT2D eigenvalue weighted by molar-refractivity contribution is 0.172. The van der Waals surface area contributed by atoms with Crippen LogP contribution in [0.1, 0.15) is 11.1 Å². The molecule has 0 atom stereocenters. The number of hydrogen-bond donors (Lipinski definition) is 1. The molecule has 0 bridgehead atoms. The summed E-state index contributed by atoms with van der Waals surface area (Å²) < 4.78 is 35.7. The van der Waals surface area contributed by atoms with Crippen molar-refractivity contribution in [1.29, 1.82) is 0 Å². The highest BCUT2D eigenvalue weighted by atomic mass is 35.5. The van der Waals surface area contributed by atoms with Gasteiger partial charge in [-0.3, -0.25) is 0 Å². The molecule has 2 aromatic carbocycles. The Hall–Kier alpha value is -2.84. The van der Waals surface area contributed by atoms with E-state index in [1.165, 1.54) is 18.3 Å². The molecule has 9 heteroatoms. The third-order valence-corrected chi connectivity index (χ3v) is 5.71. The molecular formula is C19H16ClN3O4S. The molecule has 2 heterocycles. The second kappa shape index (κ2) is 7.29. The number of halogens is 1. The van der Waals surface area contributed by atoms with E-state index in [2.05, 4.69) is 14.9 Å². The van der Waals surface area contributed by atoms with E-state index in [4.69, 9.17) is 21.1 Å². The van der Waals surface area contributed by atoms with Crippen LogP contribution < -0.4 is 14.3 Å². The molecule has 1 aliphatic heterocycles. The number of sulfonamides is 1. The van der Waals surface area contributed by atoms with Crippen LogP contribution in [0.15, 0.2) is 52.5 Å². The second-order valence-corrected chi connectivity index (χ2v) is 8.24. The Morgan fingerprint density at radius 2 is 1.79 bits per heavy atom. The van der Waals surface area contributed by atoms with Gasteiger partial charge in [0.1, 0.15) is 18.4 Å². The van der Waals surface area contributed by atoms with Crippen molar-refractivity contribution in [2.24, 2.45) is 5.10 Å². The lowest BCUT2D eigenvalue weighted by atomic mass is 10.1. The van der Waals surface area contributed by atoms with Crippen LogP contribution in [0, 0.1) is 6.92 Å². The quantitative estimate of drug-likeness (QED) is 0.399. The maximum atomic E-state index is 12.3. The standard InChI is InChI=1S/C19H16ClN3O4S/c1-12-2-4-15(5-3-12)28(24,25)23-21-11-14-8-13-9-17-18(27-7-6-26-17)10-16(13)22-19(14)20/h2-5,8-11,23H,6-7H2,1H3. The van der Waals surface area contributed by atoms with E-state index >= 15 is 0 Å². The van der Waals surface area contributed by atoms with Crippen LogP contribution >= 0.6 is 11.6 Å². The molecule has 144 valence electrons. The van der Waals surface area contributed by atoms with Gasteiger partial charge in [-0.25, -0.2) is 9.82 Å². The van der Waals surface area contributed by atoms with Gasteiger partial charge >= 0.3 is 0 Å². The molecular weight excluding hydrogens is 402 g/mol. The van der Waals surface area contributed by atoms with Gasteiger partial charge in [0.05, 0.1) is 16.6 Å². The zero-order chi connectivity index (χ0) is 19.7. The Balaban J connectivity index is 1.60. The smallest absolute Gasteiger partial charge is 0.276 e. The fourth-order valence-corrected chi connectivity index (χ4v) is 3.72. The van der Waals surface area contributed by atoms with Crippen molar-refractivity contribution in [3.05, 3.63) is 58.7 Å². The van der Waals surface area contributed by atoms with Gasteiger partial charge in [-0.05, 0) is 31.2 Å². The van der Waals surface area contributed by atoms with Crippen LogP contribution in [-0.4, -0.2) is 32.8 Å². The lowest BCUT2D eigenvalue weighted by Gasteiger charge is -2.18. The van der Waals surface area contributed by atoms with Crippen LogP contribution in [0.25, 0.3) is 10.9 Å². The van der Waals surface area contributed by atoms with Crippen LogP contribution in [0.4, 0.5) is 0 Å². The molecule has 0 radical (unpaired) electrons. The molecule has 0 saturated carbocycles. The predicted molar refractivity (Wildman–Crippen MR) is 107 cm³/mol. The molecule has 0 spiro atoms. The van der Waals surface area contributed by atoms with Gasteiger partial charge < -0.3 is 9.47 Å². The third kappa shape index (κ3) is 3.74. The van der Waals surface area contributed by atoms with Gasteiger partial charge in [0.2, 0.25) is 0 Å². The van der Waals surface area contributed by atoms with E-state index < -0.39 is 10.0 Å². The Morgan fingerprint density at radius 1 is 1.11 bits per heavy atom. The minimum Gasteiger partial charge on any atom is -0.486 e. The van der Waals surface area contributed by atoms with Gasteiger partial charge in [-0.1, -0.05) is 29.3 Å². The van der Waals surface area contributed by atoms with E-state index in [1.807, 2.05) is 6.92 Å².